The number of benzene rings is 1. The van der Waals surface area contributed by atoms with Crippen molar-refractivity contribution in [2.45, 2.75) is 13.0 Å². The second kappa shape index (κ2) is 6.54. The molecule has 24 heavy (non-hydrogen) atoms. The molecule has 0 unspecified atom stereocenters. The molecular formula is C14H12N6O3S. The van der Waals surface area contributed by atoms with E-state index in [2.05, 4.69) is 20.8 Å². The summed E-state index contributed by atoms with van der Waals surface area (Å²) >= 11 is 0.973. The maximum Gasteiger partial charge on any atom is 0.324 e. The highest BCUT2D eigenvalue weighted by atomic mass is 32.1. The molecule has 1 amide bonds. The Labute approximate surface area is 139 Å². The highest BCUT2D eigenvalue weighted by Crippen LogP contribution is 2.22. The number of hydrazone groups is 1. The lowest BCUT2D eigenvalue weighted by atomic mass is 10.3. The molecule has 0 saturated heterocycles. The summed E-state index contributed by atoms with van der Waals surface area (Å²) in [5.41, 5.74) is 3.85. The first-order valence-corrected chi connectivity index (χ1v) is 7.75. The van der Waals surface area contributed by atoms with Gasteiger partial charge in [-0.1, -0.05) is 28.7 Å². The molecule has 3 rings (SSSR count). The Hall–Kier alpha value is -3.14. The third kappa shape index (κ3) is 3.13. The van der Waals surface area contributed by atoms with Crippen molar-refractivity contribution in [3.63, 3.8) is 0 Å². The van der Waals surface area contributed by atoms with Gasteiger partial charge < -0.3 is 0 Å². The van der Waals surface area contributed by atoms with Crippen LogP contribution in [0, 0.1) is 10.1 Å². The summed E-state index contributed by atoms with van der Waals surface area (Å²) < 4.78 is 1.51. The van der Waals surface area contributed by atoms with Gasteiger partial charge in [0.05, 0.1) is 21.5 Å². The molecule has 0 radical (unpaired) electrons. The summed E-state index contributed by atoms with van der Waals surface area (Å²) in [7, 11) is 0. The minimum Gasteiger partial charge on any atom is -0.271 e. The highest BCUT2D eigenvalue weighted by Gasteiger charge is 2.18. The van der Waals surface area contributed by atoms with Crippen molar-refractivity contribution in [2.24, 2.45) is 5.10 Å². The third-order valence-electron chi connectivity index (χ3n) is 3.28. The third-order valence-corrected chi connectivity index (χ3v) is 4.25. The number of amides is 1. The maximum absolute atomic E-state index is 12.2. The van der Waals surface area contributed by atoms with Gasteiger partial charge in [0.1, 0.15) is 11.6 Å². The van der Waals surface area contributed by atoms with Crippen molar-refractivity contribution in [1.82, 2.24) is 20.4 Å². The summed E-state index contributed by atoms with van der Waals surface area (Å²) in [4.78, 5) is 22.9. The van der Waals surface area contributed by atoms with E-state index in [9.17, 15) is 14.9 Å². The fourth-order valence-corrected chi connectivity index (χ4v) is 2.74. The number of hydrogen-bond acceptors (Lipinski definition) is 7. The Kier molecular flexibility index (Phi) is 4.29. The lowest BCUT2D eigenvalue weighted by Crippen LogP contribution is -2.28. The van der Waals surface area contributed by atoms with Gasteiger partial charge in [-0.15, -0.1) is 5.10 Å². The first-order chi connectivity index (χ1) is 11.6. The van der Waals surface area contributed by atoms with Crippen molar-refractivity contribution in [2.75, 3.05) is 0 Å². The molecule has 0 bridgehead atoms. The molecular weight excluding hydrogens is 332 g/mol. The van der Waals surface area contributed by atoms with Crippen LogP contribution < -0.4 is 5.43 Å². The summed E-state index contributed by atoms with van der Waals surface area (Å²) in [6, 6.07) is 9.67. The van der Waals surface area contributed by atoms with Crippen molar-refractivity contribution in [3.05, 3.63) is 51.4 Å². The van der Waals surface area contributed by atoms with Crippen LogP contribution in [0.1, 0.15) is 17.8 Å². The number of carbonyl (C=O) groups excluding carboxylic acids is 1. The predicted molar refractivity (Wildman–Crippen MR) is 88.9 cm³/mol. The number of aromatic nitrogens is 3. The van der Waals surface area contributed by atoms with Crippen LogP contribution in [0.5, 0.6) is 0 Å². The van der Waals surface area contributed by atoms with Gasteiger partial charge in [0.25, 0.3) is 5.91 Å². The molecule has 9 nitrogen and oxygen atoms in total. The van der Waals surface area contributed by atoms with Crippen LogP contribution in [0.15, 0.2) is 41.5 Å². The molecule has 0 aliphatic rings. The summed E-state index contributed by atoms with van der Waals surface area (Å²) in [6.45, 7) is 1.68. The minimum atomic E-state index is -0.604. The van der Waals surface area contributed by atoms with Crippen molar-refractivity contribution < 1.29 is 9.72 Å². The number of para-hydroxylation sites is 1. The molecule has 0 aliphatic heterocycles. The summed E-state index contributed by atoms with van der Waals surface area (Å²) in [5, 5.41) is 22.4. The second-order valence-electron chi connectivity index (χ2n) is 4.87. The molecule has 10 heteroatoms. The van der Waals surface area contributed by atoms with E-state index in [1.54, 1.807) is 13.0 Å². The molecule has 2 heterocycles. The van der Waals surface area contributed by atoms with Crippen molar-refractivity contribution >= 4 is 39.5 Å². The lowest BCUT2D eigenvalue weighted by Gasteiger charge is -2.10. The Balaban J connectivity index is 1.67. The normalized spacial score (nSPS) is 12.5. The van der Waals surface area contributed by atoms with E-state index in [4.69, 9.17) is 0 Å². The zero-order valence-corrected chi connectivity index (χ0v) is 13.3. The first kappa shape index (κ1) is 15.7. The van der Waals surface area contributed by atoms with Crippen LogP contribution >= 0.6 is 11.3 Å². The summed E-state index contributed by atoms with van der Waals surface area (Å²) in [5.74, 6) is -0.368. The van der Waals surface area contributed by atoms with Crippen LogP contribution in [-0.2, 0) is 4.79 Å². The fourth-order valence-electron chi connectivity index (χ4n) is 2.05. The standard InChI is InChI=1S/C14H12N6O3S/c1-9(19-12-5-3-2-4-11(12)16-18-19)14(21)17-15-8-10-6-7-13(24-10)20(22)23/h2-9H,1H3,(H,17,21)/t9-/m0/s1. The molecule has 0 spiro atoms. The average Bonchev–Trinajstić information content (AvgIpc) is 3.21. The number of hydrogen-bond donors (Lipinski definition) is 1. The molecule has 1 N–H and O–H groups in total. The molecule has 0 fully saturated rings. The zero-order chi connectivity index (χ0) is 17.1. The Bertz CT molecular complexity index is 931. The molecule has 1 atom stereocenters. The van der Waals surface area contributed by atoms with Crippen LogP contribution in [0.25, 0.3) is 11.0 Å². The van der Waals surface area contributed by atoms with E-state index in [0.717, 1.165) is 16.9 Å². The molecule has 1 aromatic carbocycles. The number of rotatable bonds is 5. The monoisotopic (exact) mass is 344 g/mol. The van der Waals surface area contributed by atoms with Gasteiger partial charge in [-0.3, -0.25) is 14.9 Å². The van der Waals surface area contributed by atoms with E-state index in [-0.39, 0.29) is 10.9 Å². The minimum absolute atomic E-state index is 0.0187. The number of thiophene rings is 1. The lowest BCUT2D eigenvalue weighted by molar-refractivity contribution is -0.380. The van der Waals surface area contributed by atoms with E-state index in [1.807, 2.05) is 24.3 Å². The topological polar surface area (TPSA) is 115 Å². The summed E-state index contributed by atoms with van der Waals surface area (Å²) in [6.07, 6.45) is 1.36. The van der Waals surface area contributed by atoms with Crippen LogP contribution in [0.4, 0.5) is 5.00 Å². The fraction of sp³-hybridized carbons (Fsp3) is 0.143. The quantitative estimate of drug-likeness (QED) is 0.432. The Morgan fingerprint density at radius 2 is 2.21 bits per heavy atom. The largest absolute Gasteiger partial charge is 0.324 e. The molecule has 0 saturated carbocycles. The van der Waals surface area contributed by atoms with E-state index in [1.165, 1.54) is 17.0 Å². The number of nitrogens with zero attached hydrogens (tertiary/aromatic N) is 5. The van der Waals surface area contributed by atoms with Gasteiger partial charge >= 0.3 is 5.00 Å². The predicted octanol–water partition coefficient (Wildman–Crippen LogP) is 2.11. The van der Waals surface area contributed by atoms with Crippen LogP contribution in [-0.4, -0.2) is 32.0 Å². The van der Waals surface area contributed by atoms with Gasteiger partial charge in [-0.05, 0) is 25.1 Å². The average molecular weight is 344 g/mol. The number of nitrogens with one attached hydrogen (secondary N) is 1. The van der Waals surface area contributed by atoms with Gasteiger partial charge in [-0.2, -0.15) is 5.10 Å². The Morgan fingerprint density at radius 1 is 1.42 bits per heavy atom. The van der Waals surface area contributed by atoms with Gasteiger partial charge in [0.2, 0.25) is 0 Å². The van der Waals surface area contributed by atoms with E-state index >= 15 is 0 Å². The van der Waals surface area contributed by atoms with Crippen molar-refractivity contribution in [3.8, 4) is 0 Å². The van der Waals surface area contributed by atoms with Gasteiger partial charge in [0, 0.05) is 6.07 Å². The number of fused-ring (bicyclic) bond motifs is 1. The smallest absolute Gasteiger partial charge is 0.271 e. The maximum atomic E-state index is 12.2. The second-order valence-corrected chi connectivity index (χ2v) is 5.96. The zero-order valence-electron chi connectivity index (χ0n) is 12.5. The number of carbonyl (C=O) groups is 1. The molecule has 2 aromatic heterocycles. The Morgan fingerprint density at radius 3 is 2.96 bits per heavy atom. The SMILES string of the molecule is C[C@@H](C(=O)NN=Cc1ccc([N+](=O)[O-])s1)n1nnc2ccccc21. The van der Waals surface area contributed by atoms with Gasteiger partial charge in [0.15, 0.2) is 0 Å². The van der Waals surface area contributed by atoms with Crippen LogP contribution in [0.2, 0.25) is 0 Å². The molecule has 0 aliphatic carbocycles. The number of nitro groups is 1. The van der Waals surface area contributed by atoms with Gasteiger partial charge in [-0.25, -0.2) is 10.1 Å². The van der Waals surface area contributed by atoms with Crippen LogP contribution in [0.3, 0.4) is 0 Å². The van der Waals surface area contributed by atoms with Crippen molar-refractivity contribution in [1.29, 1.82) is 0 Å². The molecule has 122 valence electrons. The van der Waals surface area contributed by atoms with E-state index in [0.29, 0.717) is 10.4 Å². The van der Waals surface area contributed by atoms with E-state index < -0.39 is 11.0 Å². The first-order valence-electron chi connectivity index (χ1n) is 6.93. The highest BCUT2D eigenvalue weighted by molar-refractivity contribution is 7.16. The molecule has 3 aromatic rings.